The molecule has 0 fully saturated rings. The van der Waals surface area contributed by atoms with Crippen LogP contribution in [0.15, 0.2) is 53.4 Å². The highest BCUT2D eigenvalue weighted by Gasteiger charge is 2.17. The van der Waals surface area contributed by atoms with Crippen LogP contribution in [0, 0.1) is 0 Å². The standard InChI is InChI=1S/C16H16N2O3S/c1-11(2)18-15-9-8-13(22(19,20)21)10-14(15)17-16(18)12-6-4-3-5-7-12/h3-11H,1-2H3,(H,19,20,21). The maximum atomic E-state index is 11.3. The first-order chi connectivity index (χ1) is 10.4. The first-order valence-electron chi connectivity index (χ1n) is 6.93. The molecule has 0 spiro atoms. The van der Waals surface area contributed by atoms with Gasteiger partial charge in [0.2, 0.25) is 0 Å². The fourth-order valence-corrected chi connectivity index (χ4v) is 3.05. The molecule has 0 unspecified atom stereocenters. The summed E-state index contributed by atoms with van der Waals surface area (Å²) in [5, 5.41) is 0. The Hall–Kier alpha value is -2.18. The van der Waals surface area contributed by atoms with E-state index in [4.69, 9.17) is 0 Å². The average molecular weight is 316 g/mol. The summed E-state index contributed by atoms with van der Waals surface area (Å²) >= 11 is 0. The minimum atomic E-state index is -4.23. The molecule has 0 amide bonds. The van der Waals surface area contributed by atoms with Gasteiger partial charge >= 0.3 is 0 Å². The maximum absolute atomic E-state index is 11.3. The molecule has 6 heteroatoms. The van der Waals surface area contributed by atoms with Gasteiger partial charge in [0.1, 0.15) is 5.82 Å². The van der Waals surface area contributed by atoms with Gasteiger partial charge in [0.25, 0.3) is 10.1 Å². The molecule has 1 N–H and O–H groups in total. The molecule has 1 heterocycles. The van der Waals surface area contributed by atoms with Crippen LogP contribution < -0.4 is 0 Å². The second-order valence-corrected chi connectivity index (χ2v) is 6.81. The normalized spacial score (nSPS) is 12.2. The highest BCUT2D eigenvalue weighted by Crippen LogP contribution is 2.29. The number of nitrogens with zero attached hydrogens (tertiary/aromatic N) is 2. The first-order valence-corrected chi connectivity index (χ1v) is 8.37. The van der Waals surface area contributed by atoms with Crippen LogP contribution in [0.3, 0.4) is 0 Å². The van der Waals surface area contributed by atoms with Crippen molar-refractivity contribution in [2.45, 2.75) is 24.8 Å². The summed E-state index contributed by atoms with van der Waals surface area (Å²) in [6, 6.07) is 14.4. The molecular weight excluding hydrogens is 300 g/mol. The molecule has 3 aromatic rings. The van der Waals surface area contributed by atoms with E-state index >= 15 is 0 Å². The Morgan fingerprint density at radius 3 is 2.36 bits per heavy atom. The molecule has 0 aliphatic rings. The van der Waals surface area contributed by atoms with E-state index in [0.717, 1.165) is 16.9 Å². The van der Waals surface area contributed by atoms with Crippen LogP contribution in [0.2, 0.25) is 0 Å². The van der Waals surface area contributed by atoms with Gasteiger partial charge in [0, 0.05) is 11.6 Å². The van der Waals surface area contributed by atoms with Crippen molar-refractivity contribution in [3.63, 3.8) is 0 Å². The Morgan fingerprint density at radius 2 is 1.77 bits per heavy atom. The lowest BCUT2D eigenvalue weighted by Crippen LogP contribution is -2.03. The topological polar surface area (TPSA) is 72.2 Å². The van der Waals surface area contributed by atoms with Crippen LogP contribution in [0.4, 0.5) is 0 Å². The van der Waals surface area contributed by atoms with Gasteiger partial charge in [0.15, 0.2) is 0 Å². The molecule has 2 aromatic carbocycles. The molecule has 0 atom stereocenters. The van der Waals surface area contributed by atoms with E-state index in [2.05, 4.69) is 9.55 Å². The quantitative estimate of drug-likeness (QED) is 0.750. The molecule has 0 radical (unpaired) electrons. The zero-order valence-corrected chi connectivity index (χ0v) is 13.1. The summed E-state index contributed by atoms with van der Waals surface area (Å²) in [5.41, 5.74) is 2.34. The number of benzene rings is 2. The highest BCUT2D eigenvalue weighted by atomic mass is 32.2. The highest BCUT2D eigenvalue weighted by molar-refractivity contribution is 7.85. The summed E-state index contributed by atoms with van der Waals surface area (Å²) in [5.74, 6) is 0.776. The van der Waals surface area contributed by atoms with Crippen molar-refractivity contribution in [3.05, 3.63) is 48.5 Å². The predicted molar refractivity (Wildman–Crippen MR) is 85.4 cm³/mol. The number of hydrogen-bond donors (Lipinski definition) is 1. The second kappa shape index (κ2) is 5.23. The van der Waals surface area contributed by atoms with Gasteiger partial charge in [-0.3, -0.25) is 4.55 Å². The third kappa shape index (κ3) is 2.51. The fraction of sp³-hybridized carbons (Fsp3) is 0.188. The molecule has 1 aromatic heterocycles. The molecule has 0 aliphatic heterocycles. The summed E-state index contributed by atoms with van der Waals surface area (Å²) < 4.78 is 33.8. The van der Waals surface area contributed by atoms with E-state index in [9.17, 15) is 13.0 Å². The fourth-order valence-electron chi connectivity index (χ4n) is 2.55. The van der Waals surface area contributed by atoms with Gasteiger partial charge in [-0.05, 0) is 32.0 Å². The van der Waals surface area contributed by atoms with Crippen molar-refractivity contribution in [1.82, 2.24) is 9.55 Å². The van der Waals surface area contributed by atoms with Gasteiger partial charge in [-0.2, -0.15) is 8.42 Å². The number of fused-ring (bicyclic) bond motifs is 1. The SMILES string of the molecule is CC(C)n1c(-c2ccccc2)nc2cc(S(=O)(=O)O)ccc21. The number of hydrogen-bond acceptors (Lipinski definition) is 3. The third-order valence-corrected chi connectivity index (χ3v) is 4.36. The van der Waals surface area contributed by atoms with Crippen molar-refractivity contribution in [3.8, 4) is 11.4 Å². The Morgan fingerprint density at radius 1 is 1.09 bits per heavy atom. The molecule has 0 saturated heterocycles. The second-order valence-electron chi connectivity index (χ2n) is 5.39. The largest absolute Gasteiger partial charge is 0.321 e. The molecule has 3 rings (SSSR count). The van der Waals surface area contributed by atoms with Crippen molar-refractivity contribution >= 4 is 21.2 Å². The van der Waals surface area contributed by atoms with Crippen molar-refractivity contribution in [2.24, 2.45) is 0 Å². The summed E-state index contributed by atoms with van der Waals surface area (Å²) in [7, 11) is -4.23. The monoisotopic (exact) mass is 316 g/mol. The van der Waals surface area contributed by atoms with Crippen LogP contribution >= 0.6 is 0 Å². The lowest BCUT2D eigenvalue weighted by molar-refractivity contribution is 0.483. The number of imidazole rings is 1. The Labute approximate surface area is 129 Å². The van der Waals surface area contributed by atoms with Crippen molar-refractivity contribution in [1.29, 1.82) is 0 Å². The zero-order chi connectivity index (χ0) is 15.9. The molecular formula is C16H16N2O3S. The minimum absolute atomic E-state index is 0.145. The molecule has 0 saturated carbocycles. The lowest BCUT2D eigenvalue weighted by atomic mass is 10.2. The van der Waals surface area contributed by atoms with E-state index in [-0.39, 0.29) is 10.9 Å². The van der Waals surface area contributed by atoms with Crippen LogP contribution in [0.5, 0.6) is 0 Å². The number of aromatic nitrogens is 2. The number of rotatable bonds is 3. The van der Waals surface area contributed by atoms with E-state index in [1.807, 2.05) is 44.2 Å². The molecule has 0 aliphatic carbocycles. The smallest absolute Gasteiger partial charge is 0.294 e. The predicted octanol–water partition coefficient (Wildman–Crippen LogP) is 3.53. The van der Waals surface area contributed by atoms with Crippen LogP contribution in [0.1, 0.15) is 19.9 Å². The maximum Gasteiger partial charge on any atom is 0.294 e. The lowest BCUT2D eigenvalue weighted by Gasteiger charge is -2.13. The summed E-state index contributed by atoms with van der Waals surface area (Å²) in [4.78, 5) is 4.42. The minimum Gasteiger partial charge on any atom is -0.321 e. The van der Waals surface area contributed by atoms with E-state index in [1.165, 1.54) is 12.1 Å². The van der Waals surface area contributed by atoms with Crippen LogP contribution in [0.25, 0.3) is 22.4 Å². The molecule has 114 valence electrons. The zero-order valence-electron chi connectivity index (χ0n) is 12.3. The Kier molecular flexibility index (Phi) is 3.50. The summed E-state index contributed by atoms with van der Waals surface area (Å²) in [6.45, 7) is 4.09. The van der Waals surface area contributed by atoms with Gasteiger partial charge in [-0.15, -0.1) is 0 Å². The first kappa shape index (κ1) is 14.7. The van der Waals surface area contributed by atoms with Crippen molar-refractivity contribution < 1.29 is 13.0 Å². The Balaban J connectivity index is 2.31. The van der Waals surface area contributed by atoms with Gasteiger partial charge in [-0.25, -0.2) is 4.98 Å². The van der Waals surface area contributed by atoms with Crippen LogP contribution in [-0.4, -0.2) is 22.5 Å². The van der Waals surface area contributed by atoms with Gasteiger partial charge < -0.3 is 4.57 Å². The van der Waals surface area contributed by atoms with E-state index in [0.29, 0.717) is 5.52 Å². The van der Waals surface area contributed by atoms with E-state index in [1.54, 1.807) is 6.07 Å². The van der Waals surface area contributed by atoms with Gasteiger partial charge in [0.05, 0.1) is 15.9 Å². The third-order valence-electron chi connectivity index (χ3n) is 3.51. The average Bonchev–Trinajstić information content (AvgIpc) is 2.85. The van der Waals surface area contributed by atoms with Crippen molar-refractivity contribution in [2.75, 3.05) is 0 Å². The molecule has 22 heavy (non-hydrogen) atoms. The molecule has 5 nitrogen and oxygen atoms in total. The summed E-state index contributed by atoms with van der Waals surface area (Å²) in [6.07, 6.45) is 0. The molecule has 0 bridgehead atoms. The Bertz CT molecular complexity index is 929. The van der Waals surface area contributed by atoms with Gasteiger partial charge in [-0.1, -0.05) is 30.3 Å². The van der Waals surface area contributed by atoms with E-state index < -0.39 is 10.1 Å². The van der Waals surface area contributed by atoms with Crippen LogP contribution in [-0.2, 0) is 10.1 Å².